The first kappa shape index (κ1) is 19.6. The highest BCUT2D eigenvalue weighted by Gasteiger charge is 2.14. The van der Waals surface area contributed by atoms with Crippen LogP contribution in [0, 0.1) is 11.7 Å². The maximum Gasteiger partial charge on any atom is 0.244 e. The van der Waals surface area contributed by atoms with Gasteiger partial charge in [-0.3, -0.25) is 14.5 Å². The first-order valence-corrected chi connectivity index (χ1v) is 9.85. The molecular formula is C23H20N4O2S. The van der Waals surface area contributed by atoms with E-state index < -0.39 is 0 Å². The Morgan fingerprint density at radius 3 is 2.50 bits per heavy atom. The van der Waals surface area contributed by atoms with Crippen LogP contribution in [0.4, 0.5) is 5.69 Å². The van der Waals surface area contributed by atoms with Gasteiger partial charge in [-0.1, -0.05) is 60.2 Å². The van der Waals surface area contributed by atoms with Crippen LogP contribution in [0.15, 0.2) is 78.9 Å². The molecule has 0 saturated carbocycles. The van der Waals surface area contributed by atoms with Gasteiger partial charge in [-0.2, -0.15) is 5.10 Å². The average Bonchev–Trinajstić information content (AvgIpc) is 3.11. The predicted molar refractivity (Wildman–Crippen MR) is 119 cm³/mol. The third-order valence-electron chi connectivity index (χ3n) is 4.50. The SMILES string of the molecule is Cc1ccc(-c2n[nH]c(=S)n2CC(=O)Nc2ccccc2Oc2ccccc2)cc1. The minimum atomic E-state index is -0.232. The summed E-state index contributed by atoms with van der Waals surface area (Å²) in [4.78, 5) is 12.8. The molecule has 4 aromatic rings. The van der Waals surface area contributed by atoms with Gasteiger partial charge in [-0.15, -0.1) is 0 Å². The first-order chi connectivity index (χ1) is 14.6. The van der Waals surface area contributed by atoms with Gasteiger partial charge in [0.2, 0.25) is 5.91 Å². The fourth-order valence-corrected chi connectivity index (χ4v) is 3.19. The Hall–Kier alpha value is -3.71. The molecule has 4 rings (SSSR count). The zero-order valence-corrected chi connectivity index (χ0v) is 17.1. The number of hydrogen-bond acceptors (Lipinski definition) is 4. The van der Waals surface area contributed by atoms with Crippen molar-refractivity contribution in [2.24, 2.45) is 0 Å². The summed E-state index contributed by atoms with van der Waals surface area (Å²) in [6.45, 7) is 2.04. The van der Waals surface area contributed by atoms with E-state index in [9.17, 15) is 4.79 Å². The van der Waals surface area contributed by atoms with Gasteiger partial charge in [-0.05, 0) is 43.4 Å². The van der Waals surface area contributed by atoms with E-state index in [0.29, 0.717) is 27.8 Å². The van der Waals surface area contributed by atoms with Crippen molar-refractivity contribution >= 4 is 23.8 Å². The number of nitrogens with zero attached hydrogens (tertiary/aromatic N) is 2. The number of carbonyl (C=O) groups excluding carboxylic acids is 1. The lowest BCUT2D eigenvalue weighted by Crippen LogP contribution is -2.19. The quantitative estimate of drug-likeness (QED) is 0.416. The molecule has 6 nitrogen and oxygen atoms in total. The van der Waals surface area contributed by atoms with Crippen molar-refractivity contribution in [1.82, 2.24) is 14.8 Å². The van der Waals surface area contributed by atoms with Crippen LogP contribution in [0.1, 0.15) is 5.56 Å². The number of ether oxygens (including phenoxy) is 1. The Kier molecular flexibility index (Phi) is 5.72. The summed E-state index contributed by atoms with van der Waals surface area (Å²) in [6, 6.07) is 24.6. The summed E-state index contributed by atoms with van der Waals surface area (Å²) in [5.41, 5.74) is 2.61. The van der Waals surface area contributed by atoms with E-state index in [4.69, 9.17) is 17.0 Å². The van der Waals surface area contributed by atoms with E-state index in [1.807, 2.05) is 79.7 Å². The molecule has 0 saturated heterocycles. The summed E-state index contributed by atoms with van der Waals surface area (Å²) in [6.07, 6.45) is 0. The fraction of sp³-hybridized carbons (Fsp3) is 0.0870. The van der Waals surface area contributed by atoms with Gasteiger partial charge >= 0.3 is 0 Å². The van der Waals surface area contributed by atoms with E-state index in [2.05, 4.69) is 15.5 Å². The van der Waals surface area contributed by atoms with Crippen LogP contribution in [-0.2, 0) is 11.3 Å². The van der Waals surface area contributed by atoms with Crippen molar-refractivity contribution in [2.75, 3.05) is 5.32 Å². The standard InChI is InChI=1S/C23H20N4O2S/c1-16-11-13-17(14-12-16)22-25-26-23(30)27(22)15-21(28)24-19-9-5-6-10-20(19)29-18-7-3-2-4-8-18/h2-14H,15H2,1H3,(H,24,28)(H,26,30). The zero-order valence-electron chi connectivity index (χ0n) is 16.3. The molecule has 0 unspecified atom stereocenters. The number of para-hydroxylation sites is 3. The second-order valence-corrected chi connectivity index (χ2v) is 7.15. The fourth-order valence-electron chi connectivity index (χ4n) is 3.00. The van der Waals surface area contributed by atoms with Gasteiger partial charge in [-0.25, -0.2) is 0 Å². The van der Waals surface area contributed by atoms with Crippen molar-refractivity contribution in [2.45, 2.75) is 13.5 Å². The Balaban J connectivity index is 1.53. The number of aryl methyl sites for hydroxylation is 1. The Morgan fingerprint density at radius 1 is 1.03 bits per heavy atom. The second kappa shape index (κ2) is 8.75. The molecule has 7 heteroatoms. The number of nitrogens with one attached hydrogen (secondary N) is 2. The Labute approximate surface area is 179 Å². The number of aromatic nitrogens is 3. The Bertz CT molecular complexity index is 1210. The molecule has 3 aromatic carbocycles. The number of anilines is 1. The number of carbonyl (C=O) groups is 1. The lowest BCUT2D eigenvalue weighted by molar-refractivity contribution is -0.116. The molecule has 0 bridgehead atoms. The summed E-state index contributed by atoms with van der Waals surface area (Å²) in [5, 5.41) is 9.98. The van der Waals surface area contributed by atoms with E-state index >= 15 is 0 Å². The highest BCUT2D eigenvalue weighted by molar-refractivity contribution is 7.71. The second-order valence-electron chi connectivity index (χ2n) is 6.76. The third kappa shape index (κ3) is 4.47. The molecule has 1 aromatic heterocycles. The van der Waals surface area contributed by atoms with Crippen LogP contribution in [0.5, 0.6) is 11.5 Å². The number of benzene rings is 3. The summed E-state index contributed by atoms with van der Waals surface area (Å²) in [7, 11) is 0. The van der Waals surface area contributed by atoms with Crippen LogP contribution in [0.2, 0.25) is 0 Å². The van der Waals surface area contributed by atoms with Crippen molar-refractivity contribution < 1.29 is 9.53 Å². The number of rotatable bonds is 6. The van der Waals surface area contributed by atoms with Gasteiger partial charge in [0.25, 0.3) is 0 Å². The van der Waals surface area contributed by atoms with E-state index in [0.717, 1.165) is 11.1 Å². The van der Waals surface area contributed by atoms with Gasteiger partial charge in [0, 0.05) is 5.56 Å². The maximum atomic E-state index is 12.8. The molecule has 2 N–H and O–H groups in total. The lowest BCUT2D eigenvalue weighted by atomic mass is 10.1. The van der Waals surface area contributed by atoms with Crippen LogP contribution < -0.4 is 10.1 Å². The smallest absolute Gasteiger partial charge is 0.244 e. The number of H-pyrrole nitrogens is 1. The Morgan fingerprint density at radius 2 is 1.73 bits per heavy atom. The van der Waals surface area contributed by atoms with Gasteiger partial charge < -0.3 is 10.1 Å². The van der Waals surface area contributed by atoms with Crippen molar-refractivity contribution in [1.29, 1.82) is 0 Å². The normalized spacial score (nSPS) is 10.6. The molecule has 0 atom stereocenters. The monoisotopic (exact) mass is 416 g/mol. The third-order valence-corrected chi connectivity index (χ3v) is 4.81. The molecule has 0 aliphatic heterocycles. The number of hydrogen-bond donors (Lipinski definition) is 2. The molecule has 0 radical (unpaired) electrons. The minimum Gasteiger partial charge on any atom is -0.455 e. The zero-order chi connectivity index (χ0) is 20.9. The maximum absolute atomic E-state index is 12.8. The van der Waals surface area contributed by atoms with Gasteiger partial charge in [0.05, 0.1) is 5.69 Å². The van der Waals surface area contributed by atoms with E-state index in [1.165, 1.54) is 0 Å². The summed E-state index contributed by atoms with van der Waals surface area (Å²) >= 11 is 5.33. The number of amides is 1. The van der Waals surface area contributed by atoms with Crippen LogP contribution >= 0.6 is 12.2 Å². The largest absolute Gasteiger partial charge is 0.455 e. The van der Waals surface area contributed by atoms with Crippen LogP contribution in [-0.4, -0.2) is 20.7 Å². The van der Waals surface area contributed by atoms with Crippen LogP contribution in [0.25, 0.3) is 11.4 Å². The van der Waals surface area contributed by atoms with Crippen molar-refractivity contribution in [3.05, 3.63) is 89.2 Å². The molecular weight excluding hydrogens is 396 g/mol. The summed E-state index contributed by atoms with van der Waals surface area (Å²) < 4.78 is 7.97. The van der Waals surface area contributed by atoms with Gasteiger partial charge in [0.1, 0.15) is 12.3 Å². The van der Waals surface area contributed by atoms with Crippen molar-refractivity contribution in [3.63, 3.8) is 0 Å². The average molecular weight is 417 g/mol. The molecule has 0 spiro atoms. The van der Waals surface area contributed by atoms with Gasteiger partial charge in [0.15, 0.2) is 16.3 Å². The molecule has 0 aliphatic carbocycles. The lowest BCUT2D eigenvalue weighted by Gasteiger charge is -2.13. The summed E-state index contributed by atoms with van der Waals surface area (Å²) in [5.74, 6) is 1.64. The molecule has 1 heterocycles. The number of aromatic amines is 1. The first-order valence-electron chi connectivity index (χ1n) is 9.44. The van der Waals surface area contributed by atoms with E-state index in [-0.39, 0.29) is 12.5 Å². The highest BCUT2D eigenvalue weighted by atomic mass is 32.1. The molecule has 1 amide bonds. The van der Waals surface area contributed by atoms with E-state index in [1.54, 1.807) is 10.6 Å². The highest BCUT2D eigenvalue weighted by Crippen LogP contribution is 2.29. The van der Waals surface area contributed by atoms with Crippen molar-refractivity contribution in [3.8, 4) is 22.9 Å². The molecule has 30 heavy (non-hydrogen) atoms. The molecule has 0 fully saturated rings. The molecule has 150 valence electrons. The predicted octanol–water partition coefficient (Wildman–Crippen LogP) is 5.35. The topological polar surface area (TPSA) is 71.9 Å². The van der Waals surface area contributed by atoms with Crippen LogP contribution in [0.3, 0.4) is 0 Å². The minimum absolute atomic E-state index is 0.0260. The molecule has 0 aliphatic rings.